The number of rotatable bonds is 3. The Bertz CT molecular complexity index is 341. The van der Waals surface area contributed by atoms with E-state index in [9.17, 15) is 4.39 Å². The van der Waals surface area contributed by atoms with E-state index in [1.54, 1.807) is 12.1 Å². The van der Waals surface area contributed by atoms with Gasteiger partial charge in [-0.1, -0.05) is 18.2 Å². The first kappa shape index (κ1) is 11.9. The summed E-state index contributed by atoms with van der Waals surface area (Å²) in [6.45, 7) is 3.24. The van der Waals surface area contributed by atoms with Crippen LogP contribution < -0.4 is 5.32 Å². The predicted octanol–water partition coefficient (Wildman–Crippen LogP) is 2.15. The number of halogens is 1. The largest absolute Gasteiger partial charge is 0.363 e. The summed E-state index contributed by atoms with van der Waals surface area (Å²) in [5.74, 6) is -0.191. The molecule has 0 amide bonds. The Balaban J connectivity index is 2.62. The standard InChI is InChI=1S/C11H15FN2S/c1-3-13-11(15)14(2)8-9-6-4-5-7-10(9)12/h4-7H,3,8H2,1-2H3,(H,13,15). The molecule has 0 aliphatic heterocycles. The van der Waals surface area contributed by atoms with Crippen molar-refractivity contribution < 1.29 is 4.39 Å². The summed E-state index contributed by atoms with van der Waals surface area (Å²) in [6.07, 6.45) is 0. The smallest absolute Gasteiger partial charge is 0.168 e. The average molecular weight is 226 g/mol. The Labute approximate surface area is 95.1 Å². The zero-order valence-corrected chi connectivity index (χ0v) is 9.77. The maximum Gasteiger partial charge on any atom is 0.168 e. The van der Waals surface area contributed by atoms with Crippen LogP contribution in [-0.2, 0) is 6.54 Å². The Kier molecular flexibility index (Phi) is 4.49. The Morgan fingerprint density at radius 1 is 1.47 bits per heavy atom. The van der Waals surface area contributed by atoms with Crippen LogP contribution in [-0.4, -0.2) is 23.6 Å². The van der Waals surface area contributed by atoms with Crippen LogP contribution in [0.5, 0.6) is 0 Å². The first-order valence-electron chi connectivity index (χ1n) is 4.87. The number of nitrogens with zero attached hydrogens (tertiary/aromatic N) is 1. The van der Waals surface area contributed by atoms with Crippen LogP contribution >= 0.6 is 12.2 Å². The molecule has 1 aromatic carbocycles. The molecule has 82 valence electrons. The van der Waals surface area contributed by atoms with Gasteiger partial charge in [0.25, 0.3) is 0 Å². The average Bonchev–Trinajstić information content (AvgIpc) is 2.21. The molecule has 0 bridgehead atoms. The predicted molar refractivity (Wildman–Crippen MR) is 64.1 cm³/mol. The number of nitrogens with one attached hydrogen (secondary N) is 1. The van der Waals surface area contributed by atoms with Gasteiger partial charge in [-0.3, -0.25) is 0 Å². The molecule has 0 unspecified atom stereocenters. The third-order valence-electron chi connectivity index (χ3n) is 2.04. The third-order valence-corrected chi connectivity index (χ3v) is 2.50. The molecule has 15 heavy (non-hydrogen) atoms. The van der Waals surface area contributed by atoms with Crippen LogP contribution in [0.1, 0.15) is 12.5 Å². The third kappa shape index (κ3) is 3.47. The van der Waals surface area contributed by atoms with Gasteiger partial charge in [0.2, 0.25) is 0 Å². The lowest BCUT2D eigenvalue weighted by molar-refractivity contribution is 0.472. The topological polar surface area (TPSA) is 15.3 Å². The quantitative estimate of drug-likeness (QED) is 0.795. The van der Waals surface area contributed by atoms with Gasteiger partial charge in [-0.25, -0.2) is 4.39 Å². The van der Waals surface area contributed by atoms with Gasteiger partial charge in [0.1, 0.15) is 5.82 Å². The highest BCUT2D eigenvalue weighted by Crippen LogP contribution is 2.08. The zero-order valence-electron chi connectivity index (χ0n) is 8.96. The summed E-state index contributed by atoms with van der Waals surface area (Å²) in [7, 11) is 1.84. The van der Waals surface area contributed by atoms with Crippen LogP contribution in [0.3, 0.4) is 0 Å². The maximum atomic E-state index is 13.3. The molecule has 0 saturated heterocycles. The van der Waals surface area contributed by atoms with Crippen LogP contribution in [0.25, 0.3) is 0 Å². The Hall–Kier alpha value is -1.16. The Morgan fingerprint density at radius 3 is 2.73 bits per heavy atom. The molecule has 0 aliphatic carbocycles. The van der Waals surface area contributed by atoms with E-state index in [0.717, 1.165) is 6.54 Å². The zero-order chi connectivity index (χ0) is 11.3. The maximum absolute atomic E-state index is 13.3. The highest BCUT2D eigenvalue weighted by Gasteiger charge is 2.06. The molecule has 4 heteroatoms. The van der Waals surface area contributed by atoms with Gasteiger partial charge in [-0.2, -0.15) is 0 Å². The van der Waals surface area contributed by atoms with Crippen LogP contribution in [0.15, 0.2) is 24.3 Å². The van der Waals surface area contributed by atoms with Crippen LogP contribution in [0, 0.1) is 5.82 Å². The van der Waals surface area contributed by atoms with Crippen molar-refractivity contribution in [3.8, 4) is 0 Å². The normalized spacial score (nSPS) is 9.80. The molecule has 1 N–H and O–H groups in total. The monoisotopic (exact) mass is 226 g/mol. The fraction of sp³-hybridized carbons (Fsp3) is 0.364. The van der Waals surface area contributed by atoms with Gasteiger partial charge in [0, 0.05) is 25.7 Å². The summed E-state index contributed by atoms with van der Waals surface area (Å²) in [5, 5.41) is 3.66. The van der Waals surface area contributed by atoms with E-state index in [2.05, 4.69) is 5.32 Å². The molecule has 0 aliphatic rings. The SMILES string of the molecule is CCNC(=S)N(C)Cc1ccccc1F. The minimum Gasteiger partial charge on any atom is -0.363 e. The van der Waals surface area contributed by atoms with E-state index in [1.807, 2.05) is 24.9 Å². The van der Waals surface area contributed by atoms with Gasteiger partial charge < -0.3 is 10.2 Å². The summed E-state index contributed by atoms with van der Waals surface area (Å²) >= 11 is 5.11. The van der Waals surface area contributed by atoms with Crippen molar-refractivity contribution in [2.24, 2.45) is 0 Å². The van der Waals surface area contributed by atoms with E-state index in [1.165, 1.54) is 6.07 Å². The van der Waals surface area contributed by atoms with E-state index < -0.39 is 0 Å². The van der Waals surface area contributed by atoms with E-state index in [4.69, 9.17) is 12.2 Å². The number of hydrogen-bond acceptors (Lipinski definition) is 1. The lowest BCUT2D eigenvalue weighted by Gasteiger charge is -2.20. The molecule has 0 aromatic heterocycles. The second-order valence-electron chi connectivity index (χ2n) is 3.28. The molecule has 0 radical (unpaired) electrons. The summed E-state index contributed by atoms with van der Waals surface area (Å²) in [5.41, 5.74) is 0.653. The van der Waals surface area contributed by atoms with Crippen LogP contribution in [0.4, 0.5) is 4.39 Å². The highest BCUT2D eigenvalue weighted by atomic mass is 32.1. The van der Waals surface area contributed by atoms with E-state index in [-0.39, 0.29) is 5.82 Å². The molecule has 1 aromatic rings. The first-order valence-corrected chi connectivity index (χ1v) is 5.28. The fourth-order valence-electron chi connectivity index (χ4n) is 1.24. The molecule has 0 atom stereocenters. The van der Waals surface area contributed by atoms with E-state index in [0.29, 0.717) is 17.2 Å². The number of thiocarbonyl (C=S) groups is 1. The van der Waals surface area contributed by atoms with Gasteiger partial charge >= 0.3 is 0 Å². The summed E-state index contributed by atoms with van der Waals surface area (Å²) in [6, 6.07) is 6.73. The van der Waals surface area contributed by atoms with Crippen molar-refractivity contribution >= 4 is 17.3 Å². The molecular formula is C11H15FN2S. The second-order valence-corrected chi connectivity index (χ2v) is 3.67. The molecule has 0 heterocycles. The van der Waals surface area contributed by atoms with Crippen molar-refractivity contribution in [1.29, 1.82) is 0 Å². The lowest BCUT2D eigenvalue weighted by Crippen LogP contribution is -2.36. The Morgan fingerprint density at radius 2 is 2.13 bits per heavy atom. The number of benzene rings is 1. The molecule has 0 fully saturated rings. The molecule has 0 saturated carbocycles. The fourth-order valence-corrected chi connectivity index (χ4v) is 1.45. The summed E-state index contributed by atoms with van der Waals surface area (Å²) in [4.78, 5) is 1.82. The molecule has 0 spiro atoms. The van der Waals surface area contributed by atoms with E-state index >= 15 is 0 Å². The van der Waals surface area contributed by atoms with Gasteiger partial charge in [0.05, 0.1) is 0 Å². The van der Waals surface area contributed by atoms with Gasteiger partial charge in [-0.05, 0) is 25.2 Å². The molecule has 1 rings (SSSR count). The molecular weight excluding hydrogens is 211 g/mol. The van der Waals surface area contributed by atoms with Crippen molar-refractivity contribution in [1.82, 2.24) is 10.2 Å². The first-order chi connectivity index (χ1) is 7.15. The van der Waals surface area contributed by atoms with Gasteiger partial charge in [0.15, 0.2) is 5.11 Å². The van der Waals surface area contributed by atoms with Crippen LogP contribution in [0.2, 0.25) is 0 Å². The van der Waals surface area contributed by atoms with Crippen molar-refractivity contribution in [3.63, 3.8) is 0 Å². The number of hydrogen-bond donors (Lipinski definition) is 1. The van der Waals surface area contributed by atoms with Crippen molar-refractivity contribution in [3.05, 3.63) is 35.6 Å². The lowest BCUT2D eigenvalue weighted by atomic mass is 10.2. The van der Waals surface area contributed by atoms with Crippen molar-refractivity contribution in [2.45, 2.75) is 13.5 Å². The second kappa shape index (κ2) is 5.66. The van der Waals surface area contributed by atoms with Gasteiger partial charge in [-0.15, -0.1) is 0 Å². The highest BCUT2D eigenvalue weighted by molar-refractivity contribution is 7.80. The molecule has 2 nitrogen and oxygen atoms in total. The summed E-state index contributed by atoms with van der Waals surface area (Å²) < 4.78 is 13.3. The minimum atomic E-state index is -0.191. The minimum absolute atomic E-state index is 0.191. The van der Waals surface area contributed by atoms with Crippen molar-refractivity contribution in [2.75, 3.05) is 13.6 Å².